The summed E-state index contributed by atoms with van der Waals surface area (Å²) in [6, 6.07) is 1.17. The number of aromatic hydroxyl groups is 3. The molecule has 0 amide bonds. The smallest absolute Gasteiger partial charge is 0.140 e. The van der Waals surface area contributed by atoms with Crippen LogP contribution in [0.3, 0.4) is 0 Å². The molecule has 0 saturated carbocycles. The van der Waals surface area contributed by atoms with Crippen molar-refractivity contribution in [3.05, 3.63) is 16.1 Å². The van der Waals surface area contributed by atoms with Gasteiger partial charge >= 0.3 is 0 Å². The molecule has 0 aliphatic rings. The summed E-state index contributed by atoms with van der Waals surface area (Å²) in [5, 5.41) is 27.3. The Morgan fingerprint density at radius 2 is 1.73 bits per heavy atom. The monoisotopic (exact) mass is 218 g/mol. The van der Waals surface area contributed by atoms with Crippen LogP contribution in [0.5, 0.6) is 17.2 Å². The highest BCUT2D eigenvalue weighted by Crippen LogP contribution is 2.40. The van der Waals surface area contributed by atoms with E-state index in [0.29, 0.717) is 5.56 Å². The van der Waals surface area contributed by atoms with Gasteiger partial charge < -0.3 is 15.3 Å². The van der Waals surface area contributed by atoms with E-state index in [2.05, 4.69) is 15.9 Å². The first-order valence-electron chi connectivity index (χ1n) is 2.94. The fourth-order valence-corrected chi connectivity index (χ4v) is 1.12. The summed E-state index contributed by atoms with van der Waals surface area (Å²) in [4.78, 5) is 0. The van der Waals surface area contributed by atoms with Gasteiger partial charge in [0.1, 0.15) is 21.7 Å². The molecule has 0 unspecified atom stereocenters. The number of phenols is 3. The summed E-state index contributed by atoms with van der Waals surface area (Å²) < 4.78 is 0.202. The molecule has 0 aliphatic heterocycles. The normalized spacial score (nSPS) is 10.0. The molecule has 0 heterocycles. The van der Waals surface area contributed by atoms with Crippen molar-refractivity contribution in [1.82, 2.24) is 0 Å². The third kappa shape index (κ3) is 1.26. The fraction of sp³-hybridized carbons (Fsp3) is 0.143. The van der Waals surface area contributed by atoms with E-state index in [9.17, 15) is 5.11 Å². The van der Waals surface area contributed by atoms with E-state index in [-0.39, 0.29) is 21.7 Å². The molecule has 0 saturated heterocycles. The molecule has 3 nitrogen and oxygen atoms in total. The summed E-state index contributed by atoms with van der Waals surface area (Å²) in [7, 11) is 0. The van der Waals surface area contributed by atoms with Gasteiger partial charge in [-0.15, -0.1) is 0 Å². The molecule has 1 aromatic rings. The molecule has 0 aliphatic carbocycles. The Morgan fingerprint density at radius 3 is 2.27 bits per heavy atom. The lowest BCUT2D eigenvalue weighted by Gasteiger charge is -2.05. The zero-order chi connectivity index (χ0) is 8.59. The Kier molecular flexibility index (Phi) is 1.95. The van der Waals surface area contributed by atoms with Crippen LogP contribution in [0.4, 0.5) is 0 Å². The molecule has 1 rings (SSSR count). The van der Waals surface area contributed by atoms with Crippen molar-refractivity contribution in [3.8, 4) is 17.2 Å². The first-order chi connectivity index (χ1) is 5.04. The Balaban J connectivity index is 3.46. The van der Waals surface area contributed by atoms with E-state index in [1.807, 2.05) is 0 Å². The number of phenolic OH excluding ortho intramolecular Hbond substituents is 3. The molecule has 3 N–H and O–H groups in total. The third-order valence-corrected chi connectivity index (χ3v) is 2.23. The molecular weight excluding hydrogens is 212 g/mol. The minimum atomic E-state index is -0.175. The van der Waals surface area contributed by atoms with Crippen molar-refractivity contribution in [2.24, 2.45) is 0 Å². The first-order valence-corrected chi connectivity index (χ1v) is 3.73. The van der Waals surface area contributed by atoms with Gasteiger partial charge in [0.15, 0.2) is 0 Å². The highest BCUT2D eigenvalue weighted by Gasteiger charge is 2.10. The summed E-state index contributed by atoms with van der Waals surface area (Å²) >= 11 is 2.95. The molecule has 0 aromatic heterocycles. The van der Waals surface area contributed by atoms with Crippen molar-refractivity contribution < 1.29 is 15.3 Å². The Bertz CT molecular complexity index is 270. The average Bonchev–Trinajstić information content (AvgIpc) is 1.97. The van der Waals surface area contributed by atoms with Crippen LogP contribution in [0.25, 0.3) is 0 Å². The van der Waals surface area contributed by atoms with Crippen LogP contribution in [-0.4, -0.2) is 15.3 Å². The molecule has 0 spiro atoms. The number of halogens is 1. The highest BCUT2D eigenvalue weighted by atomic mass is 79.9. The van der Waals surface area contributed by atoms with Crippen molar-refractivity contribution in [2.45, 2.75) is 6.92 Å². The number of hydrogen-bond donors (Lipinski definition) is 3. The van der Waals surface area contributed by atoms with Gasteiger partial charge in [-0.1, -0.05) is 0 Å². The third-order valence-electron chi connectivity index (χ3n) is 1.45. The van der Waals surface area contributed by atoms with Gasteiger partial charge in [-0.25, -0.2) is 0 Å². The number of hydrogen-bond acceptors (Lipinski definition) is 3. The predicted molar refractivity (Wildman–Crippen MR) is 43.9 cm³/mol. The van der Waals surface area contributed by atoms with Crippen LogP contribution < -0.4 is 0 Å². The van der Waals surface area contributed by atoms with Gasteiger partial charge in [0.2, 0.25) is 0 Å². The molecule has 0 atom stereocenters. The van der Waals surface area contributed by atoms with Crippen molar-refractivity contribution >= 4 is 15.9 Å². The van der Waals surface area contributed by atoms with Crippen molar-refractivity contribution in [2.75, 3.05) is 0 Å². The molecule has 1 aromatic carbocycles. The summed E-state index contributed by atoms with van der Waals surface area (Å²) in [6.07, 6.45) is 0. The van der Waals surface area contributed by atoms with Gasteiger partial charge in [0.25, 0.3) is 0 Å². The maximum atomic E-state index is 9.20. The van der Waals surface area contributed by atoms with E-state index in [1.54, 1.807) is 6.92 Å². The second kappa shape index (κ2) is 2.62. The summed E-state index contributed by atoms with van der Waals surface area (Å²) in [5.41, 5.74) is 0.342. The predicted octanol–water partition coefficient (Wildman–Crippen LogP) is 1.87. The van der Waals surface area contributed by atoms with Gasteiger partial charge in [-0.05, 0) is 22.9 Å². The summed E-state index contributed by atoms with van der Waals surface area (Å²) in [6.45, 7) is 1.55. The van der Waals surface area contributed by atoms with E-state index in [1.165, 1.54) is 6.07 Å². The van der Waals surface area contributed by atoms with Crippen LogP contribution in [0, 0.1) is 6.92 Å². The van der Waals surface area contributed by atoms with Crippen LogP contribution in [0.2, 0.25) is 0 Å². The highest BCUT2D eigenvalue weighted by molar-refractivity contribution is 9.10. The van der Waals surface area contributed by atoms with Crippen LogP contribution in [0.15, 0.2) is 10.5 Å². The SMILES string of the molecule is Cc1c(O)cc(O)c(Br)c1O. The number of rotatable bonds is 0. The number of benzene rings is 1. The molecule has 0 fully saturated rings. The molecule has 4 heteroatoms. The lowest BCUT2D eigenvalue weighted by molar-refractivity contribution is 0.418. The lowest BCUT2D eigenvalue weighted by atomic mass is 10.2. The summed E-state index contributed by atoms with van der Waals surface area (Å²) in [5.74, 6) is -0.434. The second-order valence-electron chi connectivity index (χ2n) is 2.20. The van der Waals surface area contributed by atoms with Gasteiger partial charge in [0.05, 0.1) is 0 Å². The van der Waals surface area contributed by atoms with Crippen LogP contribution in [-0.2, 0) is 0 Å². The zero-order valence-electron chi connectivity index (χ0n) is 5.80. The van der Waals surface area contributed by atoms with Gasteiger partial charge in [-0.2, -0.15) is 0 Å². The first kappa shape index (κ1) is 8.20. The van der Waals surface area contributed by atoms with E-state index in [4.69, 9.17) is 10.2 Å². The second-order valence-corrected chi connectivity index (χ2v) is 3.00. The molecule has 0 bridgehead atoms. The lowest BCUT2D eigenvalue weighted by Crippen LogP contribution is -1.78. The minimum Gasteiger partial charge on any atom is -0.507 e. The minimum absolute atomic E-state index is 0.122. The molecule has 0 radical (unpaired) electrons. The Hall–Kier alpha value is -0.900. The van der Waals surface area contributed by atoms with Crippen molar-refractivity contribution in [1.29, 1.82) is 0 Å². The van der Waals surface area contributed by atoms with Crippen molar-refractivity contribution in [3.63, 3.8) is 0 Å². The molecule has 11 heavy (non-hydrogen) atoms. The maximum absolute atomic E-state index is 9.20. The zero-order valence-corrected chi connectivity index (χ0v) is 7.38. The topological polar surface area (TPSA) is 60.7 Å². The average molecular weight is 219 g/mol. The quantitative estimate of drug-likeness (QED) is 0.624. The molecular formula is C7H7BrO3. The fourth-order valence-electron chi connectivity index (χ4n) is 0.708. The van der Waals surface area contributed by atoms with E-state index >= 15 is 0 Å². The van der Waals surface area contributed by atoms with Gasteiger partial charge in [0, 0.05) is 11.6 Å². The van der Waals surface area contributed by atoms with E-state index in [0.717, 1.165) is 0 Å². The van der Waals surface area contributed by atoms with Gasteiger partial charge in [-0.3, -0.25) is 0 Å². The molecule has 60 valence electrons. The Morgan fingerprint density at radius 1 is 1.18 bits per heavy atom. The Labute approximate surface area is 72.0 Å². The van der Waals surface area contributed by atoms with Crippen LogP contribution in [0.1, 0.15) is 5.56 Å². The standard InChI is InChI=1S/C7H7BrO3/c1-3-4(9)2-5(10)6(8)7(3)11/h2,9-11H,1H3. The van der Waals surface area contributed by atoms with Crippen LogP contribution >= 0.6 is 15.9 Å². The maximum Gasteiger partial charge on any atom is 0.140 e. The van der Waals surface area contributed by atoms with E-state index < -0.39 is 0 Å². The largest absolute Gasteiger partial charge is 0.507 e.